The van der Waals surface area contributed by atoms with E-state index in [2.05, 4.69) is 12.2 Å². The summed E-state index contributed by atoms with van der Waals surface area (Å²) in [5.74, 6) is 0.323. The van der Waals surface area contributed by atoms with Gasteiger partial charge in [0, 0.05) is 35.0 Å². The first kappa shape index (κ1) is 25.4. The average molecular weight is 477 g/mol. The second-order valence-corrected chi connectivity index (χ2v) is 9.09. The Morgan fingerprint density at radius 2 is 1.62 bits per heavy atom. The van der Waals surface area contributed by atoms with Crippen LogP contribution in [0.4, 0.5) is 10.5 Å². The fourth-order valence-electron chi connectivity index (χ4n) is 3.37. The number of benzene rings is 3. The van der Waals surface area contributed by atoms with Gasteiger partial charge in [-0.3, -0.25) is 9.69 Å². The van der Waals surface area contributed by atoms with Crippen LogP contribution in [0.25, 0.3) is 0 Å². The number of rotatable bonds is 11. The van der Waals surface area contributed by atoms with Crippen LogP contribution in [0.5, 0.6) is 5.75 Å². The monoisotopic (exact) mass is 476 g/mol. The maximum Gasteiger partial charge on any atom is 0.322 e. The van der Waals surface area contributed by atoms with Crippen molar-refractivity contribution in [2.24, 2.45) is 0 Å². The molecule has 2 amide bonds. The Kier molecular flexibility index (Phi) is 10.0. The first-order chi connectivity index (χ1) is 16.6. The highest BCUT2D eigenvalue weighted by Gasteiger charge is 2.16. The Labute approximate surface area is 206 Å². The minimum Gasteiger partial charge on any atom is -0.426 e. The number of esters is 1. The number of urea groups is 1. The summed E-state index contributed by atoms with van der Waals surface area (Å²) in [6, 6.07) is 25.3. The molecule has 178 valence electrons. The highest BCUT2D eigenvalue weighted by atomic mass is 32.2. The number of hydrogen-bond acceptors (Lipinski definition) is 4. The van der Waals surface area contributed by atoms with E-state index >= 15 is 0 Å². The maximum atomic E-state index is 13.1. The highest BCUT2D eigenvalue weighted by molar-refractivity contribution is 7.99. The van der Waals surface area contributed by atoms with Crippen molar-refractivity contribution in [3.8, 4) is 5.75 Å². The second-order valence-electron chi connectivity index (χ2n) is 7.95. The zero-order valence-corrected chi connectivity index (χ0v) is 20.6. The molecule has 34 heavy (non-hydrogen) atoms. The van der Waals surface area contributed by atoms with E-state index in [1.165, 1.54) is 0 Å². The number of amides is 2. The molecule has 0 radical (unpaired) electrons. The molecule has 0 aromatic heterocycles. The third kappa shape index (κ3) is 7.96. The molecular formula is C28H32N2O3S. The molecule has 5 nitrogen and oxygen atoms in total. The van der Waals surface area contributed by atoms with Gasteiger partial charge in [0.1, 0.15) is 5.75 Å². The summed E-state index contributed by atoms with van der Waals surface area (Å²) in [5, 5.41) is 3.04. The molecule has 0 atom stereocenters. The van der Waals surface area contributed by atoms with Crippen molar-refractivity contribution >= 4 is 29.4 Å². The molecule has 0 unspecified atom stereocenters. The Balaban J connectivity index is 1.71. The quantitative estimate of drug-likeness (QED) is 0.238. The molecule has 0 bridgehead atoms. The zero-order valence-electron chi connectivity index (χ0n) is 19.8. The molecule has 0 saturated carbocycles. The van der Waals surface area contributed by atoms with Crippen molar-refractivity contribution in [3.63, 3.8) is 0 Å². The molecule has 6 heteroatoms. The van der Waals surface area contributed by atoms with E-state index in [0.29, 0.717) is 25.3 Å². The molecule has 0 fully saturated rings. The lowest BCUT2D eigenvalue weighted by Crippen LogP contribution is -2.40. The first-order valence-electron chi connectivity index (χ1n) is 11.8. The minimum absolute atomic E-state index is 0.107. The lowest BCUT2D eigenvalue weighted by Gasteiger charge is -2.24. The summed E-state index contributed by atoms with van der Waals surface area (Å²) < 4.78 is 5.42. The molecular weight excluding hydrogens is 444 g/mol. The van der Waals surface area contributed by atoms with Gasteiger partial charge in [-0.05, 0) is 54.8 Å². The van der Waals surface area contributed by atoms with Crippen LogP contribution in [-0.2, 0) is 11.3 Å². The lowest BCUT2D eigenvalue weighted by atomic mass is 10.2. The van der Waals surface area contributed by atoms with E-state index in [-0.39, 0.29) is 12.0 Å². The van der Waals surface area contributed by atoms with Crippen LogP contribution >= 0.6 is 11.8 Å². The second kappa shape index (κ2) is 13.5. The number of anilines is 1. The van der Waals surface area contributed by atoms with E-state index in [1.54, 1.807) is 22.7 Å². The summed E-state index contributed by atoms with van der Waals surface area (Å²) in [4.78, 5) is 28.7. The minimum atomic E-state index is -0.222. The molecule has 3 rings (SSSR count). The summed E-state index contributed by atoms with van der Waals surface area (Å²) in [6.07, 6.45) is 3.08. The van der Waals surface area contributed by atoms with Crippen molar-refractivity contribution in [3.05, 3.63) is 84.4 Å². The van der Waals surface area contributed by atoms with Gasteiger partial charge in [0.25, 0.3) is 0 Å². The molecule has 0 saturated heterocycles. The number of unbranched alkanes of at least 4 members (excludes halogenated alkanes) is 1. The molecule has 0 aliphatic rings. The normalized spacial score (nSPS) is 10.5. The molecule has 0 heterocycles. The van der Waals surface area contributed by atoms with Gasteiger partial charge < -0.3 is 10.1 Å². The Morgan fingerprint density at radius 1 is 0.882 bits per heavy atom. The number of nitrogens with zero attached hydrogens (tertiary/aromatic N) is 1. The summed E-state index contributed by atoms with van der Waals surface area (Å²) in [6.45, 7) is 5.20. The van der Waals surface area contributed by atoms with E-state index < -0.39 is 0 Å². The van der Waals surface area contributed by atoms with E-state index in [1.807, 2.05) is 79.7 Å². The average Bonchev–Trinajstić information content (AvgIpc) is 2.84. The summed E-state index contributed by atoms with van der Waals surface area (Å²) >= 11 is 1.57. The van der Waals surface area contributed by atoms with Crippen LogP contribution in [-0.4, -0.2) is 18.5 Å². The van der Waals surface area contributed by atoms with Gasteiger partial charge >= 0.3 is 12.0 Å². The van der Waals surface area contributed by atoms with E-state index in [0.717, 1.165) is 40.3 Å². The Bertz CT molecular complexity index is 1070. The van der Waals surface area contributed by atoms with E-state index in [4.69, 9.17) is 4.74 Å². The third-order valence-corrected chi connectivity index (χ3v) is 6.10. The molecule has 0 aliphatic carbocycles. The molecule has 3 aromatic carbocycles. The van der Waals surface area contributed by atoms with Gasteiger partial charge in [-0.25, -0.2) is 4.79 Å². The number of carbonyl (C=O) groups excluding carboxylic acids is 2. The zero-order chi connectivity index (χ0) is 24.2. The van der Waals surface area contributed by atoms with Crippen molar-refractivity contribution in [2.45, 2.75) is 55.9 Å². The van der Waals surface area contributed by atoms with Gasteiger partial charge in [-0.15, -0.1) is 0 Å². The van der Waals surface area contributed by atoms with Gasteiger partial charge in [-0.2, -0.15) is 0 Å². The summed E-state index contributed by atoms with van der Waals surface area (Å²) in [7, 11) is 0. The third-order valence-electron chi connectivity index (χ3n) is 5.12. The van der Waals surface area contributed by atoms with Gasteiger partial charge in [-0.1, -0.05) is 74.5 Å². The molecule has 0 aliphatic heterocycles. The number of nitrogens with one attached hydrogen (secondary N) is 1. The standard InChI is InChI=1S/C28H32N2O3S/c1-3-5-18-30(28(32)29-21-22-12-7-6-8-13-22)23-14-9-16-25(19-23)34-26-17-10-15-24(20-26)33-27(31)11-4-2/h6-10,12-17,19-20H,3-5,11,18,21H2,1-2H3,(H,29,32). The van der Waals surface area contributed by atoms with Gasteiger partial charge in [0.05, 0.1) is 0 Å². The van der Waals surface area contributed by atoms with Crippen LogP contribution in [0, 0.1) is 0 Å². The maximum absolute atomic E-state index is 13.1. The number of ether oxygens (including phenoxy) is 1. The SMILES string of the molecule is CCCCN(C(=O)NCc1ccccc1)c1cccc(Sc2cccc(OC(=O)CCC)c2)c1. The predicted octanol–water partition coefficient (Wildman–Crippen LogP) is 7.06. The molecule has 0 spiro atoms. The van der Waals surface area contributed by atoms with Crippen LogP contribution in [0.3, 0.4) is 0 Å². The fraction of sp³-hybridized carbons (Fsp3) is 0.286. The Morgan fingerprint density at radius 3 is 2.35 bits per heavy atom. The van der Waals surface area contributed by atoms with Crippen molar-refractivity contribution in [1.29, 1.82) is 0 Å². The molecule has 3 aromatic rings. The highest BCUT2D eigenvalue weighted by Crippen LogP contribution is 2.32. The predicted molar refractivity (Wildman–Crippen MR) is 138 cm³/mol. The smallest absolute Gasteiger partial charge is 0.322 e. The van der Waals surface area contributed by atoms with Crippen LogP contribution in [0.15, 0.2) is 88.7 Å². The summed E-state index contributed by atoms with van der Waals surface area (Å²) in [5.41, 5.74) is 1.92. The van der Waals surface area contributed by atoms with Crippen LogP contribution < -0.4 is 15.0 Å². The van der Waals surface area contributed by atoms with Gasteiger partial charge in [0.15, 0.2) is 0 Å². The lowest BCUT2D eigenvalue weighted by molar-refractivity contribution is -0.134. The van der Waals surface area contributed by atoms with Crippen LogP contribution in [0.1, 0.15) is 45.1 Å². The largest absolute Gasteiger partial charge is 0.426 e. The fourth-order valence-corrected chi connectivity index (χ4v) is 4.29. The topological polar surface area (TPSA) is 58.6 Å². The number of carbonyl (C=O) groups is 2. The van der Waals surface area contributed by atoms with Gasteiger partial charge in [0.2, 0.25) is 0 Å². The first-order valence-corrected chi connectivity index (χ1v) is 12.6. The van der Waals surface area contributed by atoms with Crippen molar-refractivity contribution < 1.29 is 14.3 Å². The van der Waals surface area contributed by atoms with E-state index in [9.17, 15) is 9.59 Å². The molecule has 1 N–H and O–H groups in total. The number of hydrogen-bond donors (Lipinski definition) is 1. The van der Waals surface area contributed by atoms with Crippen LogP contribution in [0.2, 0.25) is 0 Å². The van der Waals surface area contributed by atoms with Crippen molar-refractivity contribution in [2.75, 3.05) is 11.4 Å². The van der Waals surface area contributed by atoms with Crippen molar-refractivity contribution in [1.82, 2.24) is 5.32 Å². The Hall–Kier alpha value is -3.25.